The van der Waals surface area contributed by atoms with E-state index in [0.717, 1.165) is 10.5 Å². The minimum Gasteiger partial charge on any atom is -0.493 e. The normalized spacial score (nSPS) is 15.9. The maximum Gasteiger partial charge on any atom is 0.265 e. The predicted octanol–water partition coefficient (Wildman–Crippen LogP) is 1.59. The molecule has 1 saturated heterocycles. The number of rotatable bonds is 7. The number of imide groups is 1. The van der Waals surface area contributed by atoms with E-state index in [4.69, 9.17) is 14.2 Å². The van der Waals surface area contributed by atoms with E-state index in [-0.39, 0.29) is 17.9 Å². The standard InChI is InChI=1S/C21H23N3O6/c1-12-5-7-14(8-6-12)24-18(25)11-15(21(24)27)22-23-20(26)13-9-16(28-2)19(30-4)17(10-13)29-3/h5-10,15,22H,11H2,1-4H3,(H,23,26)/t15-/m1/s1. The van der Waals surface area contributed by atoms with Crippen LogP contribution < -0.4 is 30.0 Å². The molecule has 0 radical (unpaired) electrons. The summed E-state index contributed by atoms with van der Waals surface area (Å²) in [5.41, 5.74) is 6.86. The Morgan fingerprint density at radius 3 is 2.13 bits per heavy atom. The van der Waals surface area contributed by atoms with E-state index in [0.29, 0.717) is 22.9 Å². The third-order valence-electron chi connectivity index (χ3n) is 4.73. The zero-order valence-electron chi connectivity index (χ0n) is 17.1. The van der Waals surface area contributed by atoms with Crippen LogP contribution in [0.3, 0.4) is 0 Å². The van der Waals surface area contributed by atoms with Crippen LogP contribution in [0.5, 0.6) is 17.2 Å². The van der Waals surface area contributed by atoms with Crippen molar-refractivity contribution in [2.45, 2.75) is 19.4 Å². The first-order chi connectivity index (χ1) is 14.4. The molecule has 0 aliphatic carbocycles. The van der Waals surface area contributed by atoms with Gasteiger partial charge in [-0.15, -0.1) is 0 Å². The predicted molar refractivity (Wildman–Crippen MR) is 109 cm³/mol. The third kappa shape index (κ3) is 4.06. The van der Waals surface area contributed by atoms with E-state index in [2.05, 4.69) is 10.9 Å². The largest absolute Gasteiger partial charge is 0.493 e. The monoisotopic (exact) mass is 413 g/mol. The summed E-state index contributed by atoms with van der Waals surface area (Å²) in [4.78, 5) is 38.7. The van der Waals surface area contributed by atoms with Crippen molar-refractivity contribution in [2.24, 2.45) is 0 Å². The highest BCUT2D eigenvalue weighted by molar-refractivity contribution is 6.22. The lowest BCUT2D eigenvalue weighted by Gasteiger charge is -2.17. The number of hydrazine groups is 1. The van der Waals surface area contributed by atoms with E-state index >= 15 is 0 Å². The molecule has 158 valence electrons. The van der Waals surface area contributed by atoms with Gasteiger partial charge in [-0.3, -0.25) is 19.8 Å². The Morgan fingerprint density at radius 1 is 1.00 bits per heavy atom. The fraction of sp³-hybridized carbons (Fsp3) is 0.286. The molecule has 1 heterocycles. The van der Waals surface area contributed by atoms with Crippen molar-refractivity contribution in [3.05, 3.63) is 47.5 Å². The van der Waals surface area contributed by atoms with Gasteiger partial charge in [0.2, 0.25) is 11.7 Å². The lowest BCUT2D eigenvalue weighted by Crippen LogP contribution is -2.48. The zero-order chi connectivity index (χ0) is 21.8. The van der Waals surface area contributed by atoms with Crippen molar-refractivity contribution in [2.75, 3.05) is 26.2 Å². The van der Waals surface area contributed by atoms with E-state index in [1.165, 1.54) is 33.5 Å². The van der Waals surface area contributed by atoms with Crippen molar-refractivity contribution < 1.29 is 28.6 Å². The number of aryl methyl sites for hydroxylation is 1. The highest BCUT2D eigenvalue weighted by Gasteiger charge is 2.39. The number of hydrogen-bond donors (Lipinski definition) is 2. The summed E-state index contributed by atoms with van der Waals surface area (Å²) >= 11 is 0. The first-order valence-corrected chi connectivity index (χ1v) is 9.19. The second kappa shape index (κ2) is 8.83. The van der Waals surface area contributed by atoms with Gasteiger partial charge in [-0.2, -0.15) is 0 Å². The van der Waals surface area contributed by atoms with Crippen LogP contribution in [-0.2, 0) is 9.59 Å². The molecule has 0 saturated carbocycles. The molecule has 1 fully saturated rings. The summed E-state index contributed by atoms with van der Waals surface area (Å²) in [6.07, 6.45) is -0.0672. The Kier molecular flexibility index (Phi) is 6.22. The molecule has 0 bridgehead atoms. The molecule has 1 atom stereocenters. The van der Waals surface area contributed by atoms with Gasteiger partial charge in [0.1, 0.15) is 6.04 Å². The Balaban J connectivity index is 1.71. The molecule has 3 rings (SSSR count). The van der Waals surface area contributed by atoms with Crippen molar-refractivity contribution in [3.63, 3.8) is 0 Å². The number of nitrogens with one attached hydrogen (secondary N) is 2. The van der Waals surface area contributed by atoms with E-state index in [1.54, 1.807) is 12.1 Å². The van der Waals surface area contributed by atoms with Gasteiger partial charge in [-0.25, -0.2) is 10.3 Å². The number of amides is 3. The minimum absolute atomic E-state index is 0.0672. The summed E-state index contributed by atoms with van der Waals surface area (Å²) in [5.74, 6) is -0.310. The first kappa shape index (κ1) is 21.1. The maximum absolute atomic E-state index is 12.7. The number of anilines is 1. The van der Waals surface area contributed by atoms with Gasteiger partial charge >= 0.3 is 0 Å². The summed E-state index contributed by atoms with van der Waals surface area (Å²) in [6.45, 7) is 1.92. The van der Waals surface area contributed by atoms with Crippen molar-refractivity contribution in [1.29, 1.82) is 0 Å². The van der Waals surface area contributed by atoms with Crippen LogP contribution in [0.4, 0.5) is 5.69 Å². The molecule has 2 N–H and O–H groups in total. The summed E-state index contributed by atoms with van der Waals surface area (Å²) in [6, 6.07) is 9.16. The van der Waals surface area contributed by atoms with Gasteiger partial charge in [0, 0.05) is 5.56 Å². The van der Waals surface area contributed by atoms with Gasteiger partial charge < -0.3 is 14.2 Å². The molecular formula is C21H23N3O6. The smallest absolute Gasteiger partial charge is 0.265 e. The van der Waals surface area contributed by atoms with Crippen molar-refractivity contribution in [3.8, 4) is 17.2 Å². The quantitative estimate of drug-likeness (QED) is 0.524. The number of carbonyl (C=O) groups excluding carboxylic acids is 3. The molecule has 1 aliphatic rings. The van der Waals surface area contributed by atoms with Crippen LogP contribution in [0.25, 0.3) is 0 Å². The summed E-state index contributed by atoms with van der Waals surface area (Å²) < 4.78 is 15.7. The number of carbonyl (C=O) groups is 3. The molecule has 3 amide bonds. The first-order valence-electron chi connectivity index (χ1n) is 9.19. The topological polar surface area (TPSA) is 106 Å². The maximum atomic E-state index is 12.7. The van der Waals surface area contributed by atoms with Crippen LogP contribution >= 0.6 is 0 Å². The molecule has 0 spiro atoms. The van der Waals surface area contributed by atoms with Gasteiger partial charge in [0.15, 0.2) is 11.5 Å². The van der Waals surface area contributed by atoms with E-state index in [9.17, 15) is 14.4 Å². The highest BCUT2D eigenvalue weighted by Crippen LogP contribution is 2.38. The fourth-order valence-electron chi connectivity index (χ4n) is 3.15. The lowest BCUT2D eigenvalue weighted by molar-refractivity contribution is -0.121. The average Bonchev–Trinajstić information content (AvgIpc) is 3.04. The number of methoxy groups -OCH3 is 3. The molecular weight excluding hydrogens is 390 g/mol. The zero-order valence-corrected chi connectivity index (χ0v) is 17.1. The van der Waals surface area contributed by atoms with Crippen LogP contribution in [0.2, 0.25) is 0 Å². The van der Waals surface area contributed by atoms with Crippen molar-refractivity contribution in [1.82, 2.24) is 10.9 Å². The highest BCUT2D eigenvalue weighted by atomic mass is 16.5. The third-order valence-corrected chi connectivity index (χ3v) is 4.73. The molecule has 0 unspecified atom stereocenters. The van der Waals surface area contributed by atoms with Crippen LogP contribution in [0.1, 0.15) is 22.3 Å². The summed E-state index contributed by atoms with van der Waals surface area (Å²) in [7, 11) is 4.35. The Labute approximate surface area is 173 Å². The molecule has 9 heteroatoms. The lowest BCUT2D eigenvalue weighted by atomic mass is 10.1. The van der Waals surface area contributed by atoms with Gasteiger partial charge in [-0.05, 0) is 31.2 Å². The average molecular weight is 413 g/mol. The Morgan fingerprint density at radius 2 is 1.60 bits per heavy atom. The fourth-order valence-corrected chi connectivity index (χ4v) is 3.15. The second-order valence-electron chi connectivity index (χ2n) is 6.67. The molecule has 2 aromatic carbocycles. The SMILES string of the molecule is COc1cc(C(=O)NN[C@@H]2CC(=O)N(c3ccc(C)cc3)C2=O)cc(OC)c1OC. The van der Waals surface area contributed by atoms with Gasteiger partial charge in [0.25, 0.3) is 11.8 Å². The minimum atomic E-state index is -0.871. The second-order valence-corrected chi connectivity index (χ2v) is 6.67. The molecule has 2 aromatic rings. The number of nitrogens with zero attached hydrogens (tertiary/aromatic N) is 1. The van der Waals surface area contributed by atoms with Crippen molar-refractivity contribution >= 4 is 23.4 Å². The van der Waals surface area contributed by atoms with Gasteiger partial charge in [-0.1, -0.05) is 17.7 Å². The molecule has 9 nitrogen and oxygen atoms in total. The summed E-state index contributed by atoms with van der Waals surface area (Å²) in [5, 5.41) is 0. The van der Waals surface area contributed by atoms with Crippen LogP contribution in [-0.4, -0.2) is 45.1 Å². The number of hydrogen-bond acceptors (Lipinski definition) is 7. The van der Waals surface area contributed by atoms with E-state index in [1.807, 2.05) is 19.1 Å². The Hall–Kier alpha value is -3.59. The van der Waals surface area contributed by atoms with Gasteiger partial charge in [0.05, 0.1) is 33.4 Å². The molecule has 0 aromatic heterocycles. The number of benzene rings is 2. The van der Waals surface area contributed by atoms with E-state index < -0.39 is 17.9 Å². The number of ether oxygens (including phenoxy) is 3. The Bertz CT molecular complexity index is 948. The van der Waals surface area contributed by atoms with Crippen LogP contribution in [0.15, 0.2) is 36.4 Å². The van der Waals surface area contributed by atoms with Crippen LogP contribution in [0, 0.1) is 6.92 Å². The molecule has 30 heavy (non-hydrogen) atoms. The molecule has 1 aliphatic heterocycles.